The summed E-state index contributed by atoms with van der Waals surface area (Å²) in [5.41, 5.74) is 2.93. The molecule has 75 valence electrons. The van der Waals surface area contributed by atoms with E-state index in [2.05, 4.69) is 30.0 Å². The zero-order chi connectivity index (χ0) is 9.80. The SMILES string of the molecule is CCCCN1CCCc2c[c]ccc21. The molecule has 2 rings (SSSR count). The van der Waals surface area contributed by atoms with Crippen LogP contribution < -0.4 is 4.90 Å². The Morgan fingerprint density at radius 3 is 3.29 bits per heavy atom. The Kier molecular flexibility index (Phi) is 3.07. The minimum atomic E-state index is 1.22. The summed E-state index contributed by atoms with van der Waals surface area (Å²) < 4.78 is 0. The molecule has 0 saturated carbocycles. The van der Waals surface area contributed by atoms with Crippen LogP contribution in [-0.2, 0) is 6.42 Å². The number of rotatable bonds is 3. The van der Waals surface area contributed by atoms with Crippen LogP contribution in [0, 0.1) is 6.07 Å². The van der Waals surface area contributed by atoms with E-state index in [-0.39, 0.29) is 0 Å². The van der Waals surface area contributed by atoms with Crippen LogP contribution >= 0.6 is 0 Å². The molecule has 1 heteroatoms. The van der Waals surface area contributed by atoms with Crippen LogP contribution in [-0.4, -0.2) is 13.1 Å². The molecular weight excluding hydrogens is 170 g/mol. The molecule has 0 aromatic heterocycles. The zero-order valence-electron chi connectivity index (χ0n) is 8.92. The molecule has 0 spiro atoms. The molecule has 1 nitrogen and oxygen atoms in total. The number of anilines is 1. The summed E-state index contributed by atoms with van der Waals surface area (Å²) in [6, 6.07) is 9.56. The molecule has 1 aromatic carbocycles. The molecule has 0 bridgehead atoms. The Labute approximate surface area is 86.7 Å². The number of unbranched alkanes of at least 4 members (excludes halogenated alkanes) is 1. The van der Waals surface area contributed by atoms with Crippen molar-refractivity contribution in [1.29, 1.82) is 0 Å². The van der Waals surface area contributed by atoms with Crippen LogP contribution in [0.3, 0.4) is 0 Å². The van der Waals surface area contributed by atoms with Crippen LogP contribution in [0.15, 0.2) is 18.2 Å². The van der Waals surface area contributed by atoms with Gasteiger partial charge in [-0.3, -0.25) is 0 Å². The summed E-state index contributed by atoms with van der Waals surface area (Å²) in [5, 5.41) is 0. The van der Waals surface area contributed by atoms with Gasteiger partial charge in [0.1, 0.15) is 0 Å². The van der Waals surface area contributed by atoms with E-state index in [1.165, 1.54) is 50.0 Å². The number of fused-ring (bicyclic) bond motifs is 1. The fraction of sp³-hybridized carbons (Fsp3) is 0.538. The van der Waals surface area contributed by atoms with Crippen molar-refractivity contribution in [3.05, 3.63) is 29.8 Å². The van der Waals surface area contributed by atoms with E-state index in [1.54, 1.807) is 0 Å². The monoisotopic (exact) mass is 188 g/mol. The van der Waals surface area contributed by atoms with E-state index in [4.69, 9.17) is 0 Å². The van der Waals surface area contributed by atoms with Crippen molar-refractivity contribution in [3.8, 4) is 0 Å². The Hall–Kier alpha value is -0.980. The molecule has 1 aliphatic rings. The lowest BCUT2D eigenvalue weighted by Crippen LogP contribution is -2.30. The van der Waals surface area contributed by atoms with Crippen molar-refractivity contribution in [3.63, 3.8) is 0 Å². The highest BCUT2D eigenvalue weighted by atomic mass is 15.1. The summed E-state index contributed by atoms with van der Waals surface area (Å²) >= 11 is 0. The van der Waals surface area contributed by atoms with E-state index in [0.717, 1.165) is 0 Å². The molecule has 1 heterocycles. The molecule has 0 amide bonds. The van der Waals surface area contributed by atoms with Gasteiger partial charge in [-0.05, 0) is 43.0 Å². The maximum Gasteiger partial charge on any atom is 0.0399 e. The predicted molar refractivity (Wildman–Crippen MR) is 60.7 cm³/mol. The number of nitrogens with zero attached hydrogens (tertiary/aromatic N) is 1. The molecule has 1 radical (unpaired) electrons. The minimum absolute atomic E-state index is 1.22. The number of hydrogen-bond donors (Lipinski definition) is 0. The Morgan fingerprint density at radius 2 is 2.43 bits per heavy atom. The predicted octanol–water partition coefficient (Wildman–Crippen LogP) is 3.04. The molecule has 0 aliphatic carbocycles. The molecule has 0 fully saturated rings. The normalized spacial score (nSPS) is 15.4. The maximum absolute atomic E-state index is 3.17. The van der Waals surface area contributed by atoms with Crippen LogP contribution in [0.4, 0.5) is 5.69 Å². The third kappa shape index (κ3) is 1.92. The van der Waals surface area contributed by atoms with Crippen LogP contribution in [0.2, 0.25) is 0 Å². The highest BCUT2D eigenvalue weighted by Crippen LogP contribution is 2.26. The third-order valence-corrected chi connectivity index (χ3v) is 2.92. The van der Waals surface area contributed by atoms with Gasteiger partial charge in [-0.1, -0.05) is 19.4 Å². The van der Waals surface area contributed by atoms with Gasteiger partial charge in [0, 0.05) is 18.8 Å². The van der Waals surface area contributed by atoms with Crippen molar-refractivity contribution in [1.82, 2.24) is 0 Å². The van der Waals surface area contributed by atoms with Crippen LogP contribution in [0.1, 0.15) is 31.7 Å². The molecular formula is C13H18N. The van der Waals surface area contributed by atoms with Gasteiger partial charge in [-0.2, -0.15) is 0 Å². The highest BCUT2D eigenvalue weighted by Gasteiger charge is 2.14. The zero-order valence-corrected chi connectivity index (χ0v) is 8.92. The van der Waals surface area contributed by atoms with Gasteiger partial charge in [0.15, 0.2) is 0 Å². The molecule has 0 atom stereocenters. The van der Waals surface area contributed by atoms with Crippen molar-refractivity contribution >= 4 is 5.69 Å². The van der Waals surface area contributed by atoms with Gasteiger partial charge in [0.05, 0.1) is 0 Å². The van der Waals surface area contributed by atoms with Gasteiger partial charge in [0.25, 0.3) is 0 Å². The molecule has 0 unspecified atom stereocenters. The number of aryl methyl sites for hydroxylation is 1. The average Bonchev–Trinajstić information content (AvgIpc) is 2.26. The van der Waals surface area contributed by atoms with Crippen LogP contribution in [0.5, 0.6) is 0 Å². The second kappa shape index (κ2) is 4.50. The topological polar surface area (TPSA) is 3.24 Å². The Morgan fingerprint density at radius 1 is 1.50 bits per heavy atom. The largest absolute Gasteiger partial charge is 0.371 e. The van der Waals surface area contributed by atoms with Crippen LogP contribution in [0.25, 0.3) is 0 Å². The second-order valence-corrected chi connectivity index (χ2v) is 4.00. The Bertz CT molecular complexity index is 293. The van der Waals surface area contributed by atoms with E-state index in [9.17, 15) is 0 Å². The third-order valence-electron chi connectivity index (χ3n) is 2.92. The van der Waals surface area contributed by atoms with Gasteiger partial charge < -0.3 is 4.90 Å². The van der Waals surface area contributed by atoms with E-state index >= 15 is 0 Å². The lowest BCUT2D eigenvalue weighted by molar-refractivity contribution is 0.658. The first kappa shape index (κ1) is 9.57. The van der Waals surface area contributed by atoms with Gasteiger partial charge >= 0.3 is 0 Å². The van der Waals surface area contributed by atoms with Gasteiger partial charge in [-0.15, -0.1) is 0 Å². The van der Waals surface area contributed by atoms with E-state index < -0.39 is 0 Å². The van der Waals surface area contributed by atoms with E-state index in [0.29, 0.717) is 0 Å². The van der Waals surface area contributed by atoms with Crippen molar-refractivity contribution in [2.75, 3.05) is 18.0 Å². The van der Waals surface area contributed by atoms with Gasteiger partial charge in [-0.25, -0.2) is 0 Å². The Balaban J connectivity index is 2.14. The fourth-order valence-electron chi connectivity index (χ4n) is 2.13. The first-order chi connectivity index (χ1) is 6.92. The minimum Gasteiger partial charge on any atom is -0.371 e. The second-order valence-electron chi connectivity index (χ2n) is 4.00. The summed E-state index contributed by atoms with van der Waals surface area (Å²) in [6.45, 7) is 4.70. The molecule has 14 heavy (non-hydrogen) atoms. The van der Waals surface area contributed by atoms with Crippen molar-refractivity contribution in [2.24, 2.45) is 0 Å². The standard InChI is InChI=1S/C13H18N/c1-2-3-10-14-11-6-8-12-7-4-5-9-13(12)14/h5,7,9H,2-3,6,8,10-11H2,1H3. The van der Waals surface area contributed by atoms with Crippen molar-refractivity contribution in [2.45, 2.75) is 32.6 Å². The molecule has 1 aromatic rings. The fourth-order valence-corrected chi connectivity index (χ4v) is 2.13. The van der Waals surface area contributed by atoms with Gasteiger partial charge in [0.2, 0.25) is 0 Å². The maximum atomic E-state index is 3.17. The lowest BCUT2D eigenvalue weighted by Gasteiger charge is -2.31. The molecule has 0 N–H and O–H groups in total. The smallest absolute Gasteiger partial charge is 0.0399 e. The number of benzene rings is 1. The molecule has 0 saturated heterocycles. The summed E-state index contributed by atoms with van der Waals surface area (Å²) in [7, 11) is 0. The average molecular weight is 188 g/mol. The lowest BCUT2D eigenvalue weighted by atomic mass is 10.0. The van der Waals surface area contributed by atoms with Crippen molar-refractivity contribution < 1.29 is 0 Å². The first-order valence-corrected chi connectivity index (χ1v) is 5.65. The quantitative estimate of drug-likeness (QED) is 0.704. The summed E-state index contributed by atoms with van der Waals surface area (Å²) in [5.74, 6) is 0. The first-order valence-electron chi connectivity index (χ1n) is 5.65. The summed E-state index contributed by atoms with van der Waals surface area (Å²) in [6.07, 6.45) is 5.12. The van der Waals surface area contributed by atoms with E-state index in [1.807, 2.05) is 6.07 Å². The highest BCUT2D eigenvalue weighted by molar-refractivity contribution is 5.55. The number of hydrogen-bond acceptors (Lipinski definition) is 1. The summed E-state index contributed by atoms with van der Waals surface area (Å²) in [4.78, 5) is 2.52. The molecule has 1 aliphatic heterocycles.